The van der Waals surface area contributed by atoms with Crippen LogP contribution in [0.15, 0.2) is 0 Å². The maximum Gasteiger partial charge on any atom is 0.156 e. The molecule has 1 rings (SSSR count). The largest absolute Gasteiger partial charge is 0.368 e. The molecule has 0 radical (unpaired) electrons. The minimum atomic E-state index is -1.10. The molecule has 0 aromatic carbocycles. The molecule has 1 aliphatic rings. The van der Waals surface area contributed by atoms with E-state index in [1.807, 2.05) is 0 Å². The molecule has 0 aliphatic carbocycles. The number of nitrogens with two attached hydrogens (primary N) is 1. The van der Waals surface area contributed by atoms with Gasteiger partial charge in [0.05, 0.1) is 0 Å². The van der Waals surface area contributed by atoms with Gasteiger partial charge in [0.15, 0.2) is 6.29 Å². The van der Waals surface area contributed by atoms with Crippen molar-refractivity contribution in [2.24, 2.45) is 5.73 Å². The highest BCUT2D eigenvalue weighted by atomic mass is 19.1. The minimum Gasteiger partial charge on any atom is -0.368 e. The summed E-state index contributed by atoms with van der Waals surface area (Å²) in [5.74, 6) is 0. The smallest absolute Gasteiger partial charge is 0.156 e. The maximum atomic E-state index is 12.5. The molecule has 0 saturated carbocycles. The quantitative estimate of drug-likeness (QED) is 0.542. The van der Waals surface area contributed by atoms with Crippen LogP contribution in [0.4, 0.5) is 4.39 Å². The molecule has 1 heterocycles. The van der Waals surface area contributed by atoms with Crippen molar-refractivity contribution >= 4 is 0 Å². The van der Waals surface area contributed by atoms with Crippen LogP contribution in [0.5, 0.6) is 0 Å². The number of hydrogen-bond acceptors (Lipinski definition) is 3. The standard InChI is InChI=1S/C6H12FNO2/c1-3(7)6-4(8)2-5(9)10-6/h3-6,9H,2,8H2,1H3/t3-,4+,5?,6+/m1/s1. The van der Waals surface area contributed by atoms with Crippen molar-refractivity contribution in [3.05, 3.63) is 0 Å². The summed E-state index contributed by atoms with van der Waals surface area (Å²) in [5.41, 5.74) is 5.45. The Morgan fingerprint density at radius 3 is 2.60 bits per heavy atom. The topological polar surface area (TPSA) is 55.5 Å². The van der Waals surface area contributed by atoms with Gasteiger partial charge in [0.1, 0.15) is 12.3 Å². The summed E-state index contributed by atoms with van der Waals surface area (Å²) in [6, 6.07) is -0.366. The van der Waals surface area contributed by atoms with E-state index in [4.69, 9.17) is 15.6 Å². The highest BCUT2D eigenvalue weighted by Gasteiger charge is 2.35. The van der Waals surface area contributed by atoms with Crippen LogP contribution in [0.25, 0.3) is 0 Å². The lowest BCUT2D eigenvalue weighted by atomic mass is 10.1. The van der Waals surface area contributed by atoms with Crippen molar-refractivity contribution in [3.63, 3.8) is 0 Å². The monoisotopic (exact) mass is 149 g/mol. The molecule has 10 heavy (non-hydrogen) atoms. The Morgan fingerprint density at radius 1 is 1.80 bits per heavy atom. The molecule has 3 nitrogen and oxygen atoms in total. The first-order chi connectivity index (χ1) is 4.61. The highest BCUT2D eigenvalue weighted by molar-refractivity contribution is 4.84. The van der Waals surface area contributed by atoms with Crippen LogP contribution in [0.1, 0.15) is 13.3 Å². The third kappa shape index (κ3) is 1.45. The van der Waals surface area contributed by atoms with E-state index in [1.165, 1.54) is 6.92 Å². The minimum absolute atomic E-state index is 0.332. The van der Waals surface area contributed by atoms with Crippen molar-refractivity contribution in [2.75, 3.05) is 0 Å². The summed E-state index contributed by atoms with van der Waals surface area (Å²) in [6.45, 7) is 1.38. The zero-order valence-electron chi connectivity index (χ0n) is 5.83. The summed E-state index contributed by atoms with van der Waals surface area (Å²) >= 11 is 0. The van der Waals surface area contributed by atoms with Crippen LogP contribution in [0.3, 0.4) is 0 Å². The predicted octanol–water partition coefficient (Wildman–Crippen LogP) is -0.221. The van der Waals surface area contributed by atoms with Gasteiger partial charge >= 0.3 is 0 Å². The predicted molar refractivity (Wildman–Crippen MR) is 34.0 cm³/mol. The molecule has 1 saturated heterocycles. The van der Waals surface area contributed by atoms with Gasteiger partial charge in [-0.2, -0.15) is 0 Å². The van der Waals surface area contributed by atoms with Crippen LogP contribution in [0.2, 0.25) is 0 Å². The molecule has 4 heteroatoms. The van der Waals surface area contributed by atoms with Crippen molar-refractivity contribution in [3.8, 4) is 0 Å². The van der Waals surface area contributed by atoms with Gasteiger partial charge < -0.3 is 15.6 Å². The molecule has 3 N–H and O–H groups in total. The molecule has 1 unspecified atom stereocenters. The number of rotatable bonds is 1. The number of alkyl halides is 1. The van der Waals surface area contributed by atoms with Crippen LogP contribution in [-0.4, -0.2) is 29.7 Å². The maximum absolute atomic E-state index is 12.5. The Morgan fingerprint density at radius 2 is 2.40 bits per heavy atom. The third-order valence-corrected chi connectivity index (χ3v) is 1.66. The number of hydrogen-bond donors (Lipinski definition) is 2. The molecule has 0 spiro atoms. The van der Waals surface area contributed by atoms with Gasteiger partial charge in [-0.1, -0.05) is 0 Å². The first kappa shape index (κ1) is 7.91. The van der Waals surface area contributed by atoms with Gasteiger partial charge in [0, 0.05) is 12.5 Å². The number of ether oxygens (including phenoxy) is 1. The van der Waals surface area contributed by atoms with E-state index in [0.29, 0.717) is 6.42 Å². The zero-order valence-corrected chi connectivity index (χ0v) is 5.83. The molecule has 0 bridgehead atoms. The Kier molecular flexibility index (Phi) is 2.23. The SMILES string of the molecule is C[C@@H](F)[C@@H]1OC(O)C[C@@H]1N. The van der Waals surface area contributed by atoms with E-state index in [-0.39, 0.29) is 6.04 Å². The Hall–Kier alpha value is -0.190. The summed E-state index contributed by atoms with van der Waals surface area (Å²) < 4.78 is 17.3. The van der Waals surface area contributed by atoms with Crippen LogP contribution in [-0.2, 0) is 4.74 Å². The summed E-state index contributed by atoms with van der Waals surface area (Å²) in [5, 5.41) is 8.85. The fraction of sp³-hybridized carbons (Fsp3) is 1.00. The van der Waals surface area contributed by atoms with E-state index in [2.05, 4.69) is 0 Å². The number of aliphatic hydroxyl groups excluding tert-OH is 1. The lowest BCUT2D eigenvalue weighted by Gasteiger charge is -2.14. The van der Waals surface area contributed by atoms with E-state index >= 15 is 0 Å². The van der Waals surface area contributed by atoms with Gasteiger partial charge in [0.2, 0.25) is 0 Å². The number of halogens is 1. The van der Waals surface area contributed by atoms with Gasteiger partial charge in [-0.25, -0.2) is 4.39 Å². The average molecular weight is 149 g/mol. The zero-order chi connectivity index (χ0) is 7.72. The van der Waals surface area contributed by atoms with Crippen LogP contribution >= 0.6 is 0 Å². The summed E-state index contributed by atoms with van der Waals surface area (Å²) in [6.07, 6.45) is -2.28. The molecule has 4 atom stereocenters. The molecule has 60 valence electrons. The molecule has 0 aromatic rings. The highest BCUT2D eigenvalue weighted by Crippen LogP contribution is 2.20. The van der Waals surface area contributed by atoms with Crippen molar-refractivity contribution in [1.82, 2.24) is 0 Å². The molecule has 1 fully saturated rings. The van der Waals surface area contributed by atoms with Crippen molar-refractivity contribution in [1.29, 1.82) is 0 Å². The first-order valence-corrected chi connectivity index (χ1v) is 3.34. The lowest BCUT2D eigenvalue weighted by Crippen LogP contribution is -2.36. The lowest BCUT2D eigenvalue weighted by molar-refractivity contribution is -0.107. The van der Waals surface area contributed by atoms with Crippen LogP contribution in [0, 0.1) is 0 Å². The Bertz CT molecular complexity index is 120. The van der Waals surface area contributed by atoms with E-state index in [1.54, 1.807) is 0 Å². The third-order valence-electron chi connectivity index (χ3n) is 1.66. The van der Waals surface area contributed by atoms with Gasteiger partial charge in [-0.3, -0.25) is 0 Å². The molecular formula is C6H12FNO2. The fourth-order valence-electron chi connectivity index (χ4n) is 1.15. The van der Waals surface area contributed by atoms with Crippen molar-refractivity contribution in [2.45, 2.75) is 38.0 Å². The average Bonchev–Trinajstić information content (AvgIpc) is 2.10. The summed E-state index contributed by atoms with van der Waals surface area (Å²) in [7, 11) is 0. The summed E-state index contributed by atoms with van der Waals surface area (Å²) in [4.78, 5) is 0. The molecule has 0 aromatic heterocycles. The van der Waals surface area contributed by atoms with Gasteiger partial charge in [0.25, 0.3) is 0 Å². The molecule has 0 amide bonds. The fourth-order valence-corrected chi connectivity index (χ4v) is 1.15. The number of aliphatic hydroxyl groups is 1. The second-order valence-corrected chi connectivity index (χ2v) is 2.63. The molecule has 1 aliphatic heterocycles. The second kappa shape index (κ2) is 2.82. The first-order valence-electron chi connectivity index (χ1n) is 3.34. The Balaban J connectivity index is 2.46. The van der Waals surface area contributed by atoms with E-state index < -0.39 is 18.6 Å². The van der Waals surface area contributed by atoms with Crippen molar-refractivity contribution < 1.29 is 14.2 Å². The van der Waals surface area contributed by atoms with Gasteiger partial charge in [-0.05, 0) is 6.92 Å². The van der Waals surface area contributed by atoms with E-state index in [9.17, 15) is 4.39 Å². The van der Waals surface area contributed by atoms with E-state index in [0.717, 1.165) is 0 Å². The Labute approximate surface area is 59.0 Å². The van der Waals surface area contributed by atoms with Gasteiger partial charge in [-0.15, -0.1) is 0 Å². The molecular weight excluding hydrogens is 137 g/mol. The normalized spacial score (nSPS) is 43.8. The second-order valence-electron chi connectivity index (χ2n) is 2.63. The van der Waals surface area contributed by atoms with Crippen LogP contribution < -0.4 is 5.73 Å².